The van der Waals surface area contributed by atoms with Gasteiger partial charge >= 0.3 is 0 Å². The van der Waals surface area contributed by atoms with Crippen LogP contribution in [0.4, 0.5) is 0 Å². The molecule has 5 nitrogen and oxygen atoms in total. The van der Waals surface area contributed by atoms with E-state index in [-0.39, 0.29) is 24.0 Å². The lowest BCUT2D eigenvalue weighted by Gasteiger charge is -2.14. The van der Waals surface area contributed by atoms with Crippen LogP contribution in [-0.2, 0) is 10.0 Å². The van der Waals surface area contributed by atoms with E-state index in [0.717, 1.165) is 22.4 Å². The summed E-state index contributed by atoms with van der Waals surface area (Å²) in [6.45, 7) is 8.41. The van der Waals surface area contributed by atoms with E-state index in [2.05, 4.69) is 4.72 Å². The highest BCUT2D eigenvalue weighted by Gasteiger charge is 2.17. The molecule has 0 unspecified atom stereocenters. The lowest BCUT2D eigenvalue weighted by atomic mass is 10.0. The van der Waals surface area contributed by atoms with Gasteiger partial charge in [0, 0.05) is 6.54 Å². The van der Waals surface area contributed by atoms with Crippen LogP contribution in [0.5, 0.6) is 11.5 Å². The van der Waals surface area contributed by atoms with Gasteiger partial charge in [0.1, 0.15) is 18.1 Å². The average Bonchev–Trinajstić information content (AvgIpc) is 2.60. The first kappa shape index (κ1) is 20.3. The van der Waals surface area contributed by atoms with Crippen molar-refractivity contribution in [1.82, 2.24) is 4.72 Å². The summed E-state index contributed by atoms with van der Waals surface area (Å²) in [6.07, 6.45) is 0. The van der Waals surface area contributed by atoms with Crippen LogP contribution in [0.3, 0.4) is 0 Å². The van der Waals surface area contributed by atoms with Crippen molar-refractivity contribution >= 4 is 10.0 Å². The molecule has 142 valence electrons. The molecule has 0 aliphatic rings. The molecule has 0 aliphatic carbocycles. The van der Waals surface area contributed by atoms with Crippen molar-refractivity contribution in [3.63, 3.8) is 0 Å². The zero-order valence-corrected chi connectivity index (χ0v) is 16.8. The summed E-state index contributed by atoms with van der Waals surface area (Å²) in [7, 11) is -2.02. The Morgan fingerprint density at radius 2 is 1.77 bits per heavy atom. The topological polar surface area (TPSA) is 64.6 Å². The van der Waals surface area contributed by atoms with E-state index in [9.17, 15) is 8.42 Å². The smallest absolute Gasteiger partial charge is 0.240 e. The molecule has 1 N–H and O–H groups in total. The second-order valence-corrected chi connectivity index (χ2v) is 8.34. The van der Waals surface area contributed by atoms with Crippen molar-refractivity contribution in [3.8, 4) is 11.5 Å². The second kappa shape index (κ2) is 8.56. The lowest BCUT2D eigenvalue weighted by molar-refractivity contribution is 0.320. The SMILES string of the molecule is COc1ccc(S(=O)(=O)NCCOc2cc(C)ccc2C)cc1C(C)C. The number of hydrogen-bond acceptors (Lipinski definition) is 4. The molecule has 0 aromatic heterocycles. The molecule has 6 heteroatoms. The van der Waals surface area contributed by atoms with Gasteiger partial charge in [0.25, 0.3) is 0 Å². The number of sulfonamides is 1. The van der Waals surface area contributed by atoms with Crippen LogP contribution in [0.2, 0.25) is 0 Å². The minimum Gasteiger partial charge on any atom is -0.496 e. The molecule has 0 aliphatic heterocycles. The molecule has 0 saturated heterocycles. The van der Waals surface area contributed by atoms with Crippen LogP contribution < -0.4 is 14.2 Å². The van der Waals surface area contributed by atoms with Crippen LogP contribution in [0.15, 0.2) is 41.3 Å². The fraction of sp³-hybridized carbons (Fsp3) is 0.400. The largest absolute Gasteiger partial charge is 0.496 e. The number of benzene rings is 2. The van der Waals surface area contributed by atoms with Crippen molar-refractivity contribution in [3.05, 3.63) is 53.1 Å². The molecule has 2 aromatic rings. The third kappa shape index (κ3) is 4.99. The van der Waals surface area contributed by atoms with Crippen LogP contribution in [0.1, 0.15) is 36.5 Å². The molecule has 2 rings (SSSR count). The molecular weight excluding hydrogens is 350 g/mol. The van der Waals surface area contributed by atoms with Gasteiger partial charge in [-0.2, -0.15) is 0 Å². The number of nitrogens with one attached hydrogen (secondary N) is 1. The van der Waals surface area contributed by atoms with Gasteiger partial charge in [-0.05, 0) is 60.7 Å². The molecule has 0 fully saturated rings. The number of ether oxygens (including phenoxy) is 2. The van der Waals surface area contributed by atoms with Crippen LogP contribution in [0, 0.1) is 13.8 Å². The minimum atomic E-state index is -3.60. The average molecular weight is 378 g/mol. The number of methoxy groups -OCH3 is 1. The van der Waals surface area contributed by atoms with Crippen molar-refractivity contribution in [2.75, 3.05) is 20.3 Å². The first-order chi connectivity index (χ1) is 12.2. The van der Waals surface area contributed by atoms with Crippen molar-refractivity contribution in [2.24, 2.45) is 0 Å². The van der Waals surface area contributed by atoms with Gasteiger partial charge in [0.15, 0.2) is 0 Å². The van der Waals surface area contributed by atoms with Gasteiger partial charge < -0.3 is 9.47 Å². The van der Waals surface area contributed by atoms with Crippen LogP contribution in [0.25, 0.3) is 0 Å². The maximum absolute atomic E-state index is 12.5. The summed E-state index contributed by atoms with van der Waals surface area (Å²) < 4.78 is 38.7. The van der Waals surface area contributed by atoms with Gasteiger partial charge in [0.05, 0.1) is 12.0 Å². The lowest BCUT2D eigenvalue weighted by Crippen LogP contribution is -2.28. The maximum Gasteiger partial charge on any atom is 0.240 e. The third-order valence-corrected chi connectivity index (χ3v) is 5.59. The first-order valence-corrected chi connectivity index (χ1v) is 10.1. The highest BCUT2D eigenvalue weighted by molar-refractivity contribution is 7.89. The standard InChI is InChI=1S/C20H27NO4S/c1-14(2)18-13-17(8-9-19(18)24-5)26(22,23)21-10-11-25-20-12-15(3)6-7-16(20)4/h6-9,12-14,21H,10-11H2,1-5H3. The molecule has 0 heterocycles. The Morgan fingerprint density at radius 1 is 1.04 bits per heavy atom. The number of hydrogen-bond donors (Lipinski definition) is 1. The van der Waals surface area contributed by atoms with E-state index < -0.39 is 10.0 Å². The van der Waals surface area contributed by atoms with Crippen molar-refractivity contribution in [2.45, 2.75) is 38.5 Å². The van der Waals surface area contributed by atoms with Gasteiger partial charge in [-0.1, -0.05) is 26.0 Å². The van der Waals surface area contributed by atoms with E-state index in [0.29, 0.717) is 5.75 Å². The summed E-state index contributed by atoms with van der Waals surface area (Å²) in [5.41, 5.74) is 2.99. The molecule has 0 atom stereocenters. The summed E-state index contributed by atoms with van der Waals surface area (Å²) >= 11 is 0. The Morgan fingerprint density at radius 3 is 2.42 bits per heavy atom. The highest BCUT2D eigenvalue weighted by Crippen LogP contribution is 2.28. The molecule has 2 aromatic carbocycles. The van der Waals surface area contributed by atoms with E-state index in [1.54, 1.807) is 25.3 Å². The Kier molecular flexibility index (Phi) is 6.67. The predicted octanol–water partition coefficient (Wildman–Crippen LogP) is 3.79. The second-order valence-electron chi connectivity index (χ2n) is 6.57. The van der Waals surface area contributed by atoms with Crippen LogP contribution in [-0.4, -0.2) is 28.7 Å². The minimum absolute atomic E-state index is 0.160. The molecule has 0 radical (unpaired) electrons. The first-order valence-electron chi connectivity index (χ1n) is 8.62. The van der Waals surface area contributed by atoms with E-state index in [1.165, 1.54) is 0 Å². The fourth-order valence-electron chi connectivity index (χ4n) is 2.61. The van der Waals surface area contributed by atoms with E-state index in [4.69, 9.17) is 9.47 Å². The molecule has 0 saturated carbocycles. The number of aryl methyl sites for hydroxylation is 2. The molecule has 0 bridgehead atoms. The summed E-state index contributed by atoms with van der Waals surface area (Å²) in [6, 6.07) is 10.9. The highest BCUT2D eigenvalue weighted by atomic mass is 32.2. The van der Waals surface area contributed by atoms with Crippen LogP contribution >= 0.6 is 0 Å². The van der Waals surface area contributed by atoms with Crippen molar-refractivity contribution in [1.29, 1.82) is 0 Å². The Balaban J connectivity index is 2.02. The normalized spacial score (nSPS) is 11.6. The Bertz CT molecular complexity index is 860. The van der Waals surface area contributed by atoms with Crippen molar-refractivity contribution < 1.29 is 17.9 Å². The number of rotatable bonds is 8. The molecule has 26 heavy (non-hydrogen) atoms. The van der Waals surface area contributed by atoms with Gasteiger partial charge in [0.2, 0.25) is 10.0 Å². The maximum atomic E-state index is 12.5. The zero-order chi connectivity index (χ0) is 19.3. The Labute approximate surface area is 156 Å². The van der Waals surface area contributed by atoms with Gasteiger partial charge in [-0.15, -0.1) is 0 Å². The summed E-state index contributed by atoms with van der Waals surface area (Å²) in [5.74, 6) is 1.63. The zero-order valence-electron chi connectivity index (χ0n) is 16.0. The molecule has 0 amide bonds. The van der Waals surface area contributed by atoms with E-state index in [1.807, 2.05) is 45.9 Å². The fourth-order valence-corrected chi connectivity index (χ4v) is 3.66. The van der Waals surface area contributed by atoms with E-state index >= 15 is 0 Å². The quantitative estimate of drug-likeness (QED) is 0.711. The molecular formula is C20H27NO4S. The van der Waals surface area contributed by atoms with Gasteiger partial charge in [-0.25, -0.2) is 13.1 Å². The summed E-state index contributed by atoms with van der Waals surface area (Å²) in [4.78, 5) is 0.230. The Hall–Kier alpha value is -2.05. The molecule has 0 spiro atoms. The van der Waals surface area contributed by atoms with Gasteiger partial charge in [-0.3, -0.25) is 0 Å². The third-order valence-electron chi connectivity index (χ3n) is 4.13. The summed E-state index contributed by atoms with van der Waals surface area (Å²) in [5, 5.41) is 0. The monoisotopic (exact) mass is 377 g/mol. The predicted molar refractivity (Wildman–Crippen MR) is 104 cm³/mol.